The van der Waals surface area contributed by atoms with Gasteiger partial charge < -0.3 is 10.4 Å². The quantitative estimate of drug-likeness (QED) is 0.708. The molecule has 4 nitrogen and oxygen atoms in total. The van der Waals surface area contributed by atoms with Gasteiger partial charge in [-0.2, -0.15) is 0 Å². The Bertz CT molecular complexity index is 224. The summed E-state index contributed by atoms with van der Waals surface area (Å²) in [5.74, 6) is -0.925. The van der Waals surface area contributed by atoms with Gasteiger partial charge in [-0.25, -0.2) is 0 Å². The van der Waals surface area contributed by atoms with E-state index in [1.54, 1.807) is 0 Å². The molecule has 0 heterocycles. The first kappa shape index (κ1) is 13.9. The minimum Gasteiger partial charge on any atom is -0.481 e. The van der Waals surface area contributed by atoms with E-state index in [1.165, 1.54) is 0 Å². The second kappa shape index (κ2) is 6.43. The Labute approximate surface area is 91.1 Å². The summed E-state index contributed by atoms with van der Waals surface area (Å²) in [7, 11) is 0. The minimum absolute atomic E-state index is 0.0405. The molecule has 0 saturated carbocycles. The third-order valence-electron chi connectivity index (χ3n) is 2.24. The van der Waals surface area contributed by atoms with Crippen LogP contribution in [0.2, 0.25) is 0 Å². The van der Waals surface area contributed by atoms with Crippen molar-refractivity contribution < 1.29 is 14.7 Å². The van der Waals surface area contributed by atoms with E-state index < -0.39 is 5.97 Å². The summed E-state index contributed by atoms with van der Waals surface area (Å²) in [6.45, 7) is 7.66. The number of hydrogen-bond donors (Lipinski definition) is 2. The molecule has 0 saturated heterocycles. The lowest BCUT2D eigenvalue weighted by Crippen LogP contribution is -2.37. The van der Waals surface area contributed by atoms with Gasteiger partial charge in [-0.05, 0) is 26.2 Å². The van der Waals surface area contributed by atoms with E-state index in [9.17, 15) is 9.59 Å². The first-order valence-electron chi connectivity index (χ1n) is 5.36. The molecule has 88 valence electrons. The van der Waals surface area contributed by atoms with Crippen LogP contribution in [0.4, 0.5) is 0 Å². The highest BCUT2D eigenvalue weighted by Crippen LogP contribution is 2.17. The van der Waals surface area contributed by atoms with Crippen LogP contribution in [0.15, 0.2) is 0 Å². The zero-order valence-electron chi connectivity index (χ0n) is 9.91. The van der Waals surface area contributed by atoms with E-state index in [0.717, 1.165) is 0 Å². The van der Waals surface area contributed by atoms with E-state index in [1.807, 2.05) is 27.7 Å². The van der Waals surface area contributed by atoms with Crippen LogP contribution in [0.5, 0.6) is 0 Å². The molecule has 1 atom stereocenters. The summed E-state index contributed by atoms with van der Waals surface area (Å²) < 4.78 is 0. The van der Waals surface area contributed by atoms with Crippen molar-refractivity contribution in [2.24, 2.45) is 11.8 Å². The topological polar surface area (TPSA) is 66.4 Å². The van der Waals surface area contributed by atoms with Crippen molar-refractivity contribution >= 4 is 11.9 Å². The number of carbonyl (C=O) groups excluding carboxylic acids is 1. The third-order valence-corrected chi connectivity index (χ3v) is 2.24. The smallest absolute Gasteiger partial charge is 0.303 e. The molecule has 4 heteroatoms. The van der Waals surface area contributed by atoms with Gasteiger partial charge in [0.1, 0.15) is 0 Å². The normalized spacial score (nSPS) is 12.9. The second-order valence-electron chi connectivity index (χ2n) is 4.45. The average molecular weight is 215 g/mol. The predicted molar refractivity (Wildman–Crippen MR) is 58.5 cm³/mol. The van der Waals surface area contributed by atoms with Crippen LogP contribution in [0.3, 0.4) is 0 Å². The summed E-state index contributed by atoms with van der Waals surface area (Å²) in [4.78, 5) is 22.1. The number of amides is 1. The molecule has 15 heavy (non-hydrogen) atoms. The van der Waals surface area contributed by atoms with Crippen molar-refractivity contribution in [2.75, 3.05) is 0 Å². The van der Waals surface area contributed by atoms with Crippen molar-refractivity contribution in [1.82, 2.24) is 5.32 Å². The van der Waals surface area contributed by atoms with Gasteiger partial charge >= 0.3 is 5.97 Å². The molecular weight excluding hydrogens is 194 g/mol. The molecule has 0 aliphatic heterocycles. The highest BCUT2D eigenvalue weighted by molar-refractivity contribution is 5.79. The molecule has 0 rings (SSSR count). The van der Waals surface area contributed by atoms with Crippen molar-refractivity contribution in [3.63, 3.8) is 0 Å². The van der Waals surface area contributed by atoms with Gasteiger partial charge in [0.05, 0.1) is 0 Å². The largest absolute Gasteiger partial charge is 0.481 e. The van der Waals surface area contributed by atoms with Crippen LogP contribution in [-0.2, 0) is 9.59 Å². The van der Waals surface area contributed by atoms with Gasteiger partial charge in [-0.1, -0.05) is 13.8 Å². The molecule has 0 fully saturated rings. The summed E-state index contributed by atoms with van der Waals surface area (Å²) in [6.07, 6.45) is 0.458. The van der Waals surface area contributed by atoms with Gasteiger partial charge in [-0.15, -0.1) is 0 Å². The summed E-state index contributed by atoms with van der Waals surface area (Å²) in [5, 5.41) is 11.4. The fourth-order valence-electron chi connectivity index (χ4n) is 1.44. The molecule has 0 spiro atoms. The first-order chi connectivity index (χ1) is 6.84. The SMILES string of the molecule is CC(C)NC(=O)C(CCC(=O)O)C(C)C. The Morgan fingerprint density at radius 1 is 1.20 bits per heavy atom. The molecule has 0 aliphatic carbocycles. The molecule has 1 unspecified atom stereocenters. The highest BCUT2D eigenvalue weighted by Gasteiger charge is 2.23. The van der Waals surface area contributed by atoms with Gasteiger partial charge in [0.2, 0.25) is 5.91 Å². The van der Waals surface area contributed by atoms with Crippen molar-refractivity contribution in [2.45, 2.75) is 46.6 Å². The molecule has 0 aliphatic rings. The van der Waals surface area contributed by atoms with Crippen molar-refractivity contribution in [3.05, 3.63) is 0 Å². The summed E-state index contributed by atoms with van der Waals surface area (Å²) in [5.41, 5.74) is 0. The van der Waals surface area contributed by atoms with Crippen LogP contribution in [0, 0.1) is 11.8 Å². The van der Waals surface area contributed by atoms with E-state index in [2.05, 4.69) is 5.32 Å². The lowest BCUT2D eigenvalue weighted by atomic mass is 9.90. The molecule has 2 N–H and O–H groups in total. The Balaban J connectivity index is 4.25. The fraction of sp³-hybridized carbons (Fsp3) is 0.818. The zero-order valence-corrected chi connectivity index (χ0v) is 9.91. The molecule has 0 aromatic carbocycles. The molecule has 0 bridgehead atoms. The molecular formula is C11H21NO3. The number of hydrogen-bond acceptors (Lipinski definition) is 2. The Hall–Kier alpha value is -1.06. The van der Waals surface area contributed by atoms with E-state index in [0.29, 0.717) is 6.42 Å². The Morgan fingerprint density at radius 3 is 2.07 bits per heavy atom. The van der Waals surface area contributed by atoms with Gasteiger partial charge in [0, 0.05) is 18.4 Å². The van der Waals surface area contributed by atoms with Crippen LogP contribution in [0.25, 0.3) is 0 Å². The highest BCUT2D eigenvalue weighted by atomic mass is 16.4. The average Bonchev–Trinajstić information content (AvgIpc) is 2.01. The van der Waals surface area contributed by atoms with Crippen LogP contribution >= 0.6 is 0 Å². The second-order valence-corrected chi connectivity index (χ2v) is 4.45. The molecule has 0 aromatic heterocycles. The first-order valence-corrected chi connectivity index (χ1v) is 5.36. The number of carboxylic acid groups (broad SMARTS) is 1. The summed E-state index contributed by atoms with van der Waals surface area (Å²) >= 11 is 0. The number of aliphatic carboxylic acids is 1. The summed E-state index contributed by atoms with van der Waals surface area (Å²) in [6, 6.07) is 0.101. The predicted octanol–water partition coefficient (Wildman–Crippen LogP) is 1.65. The Morgan fingerprint density at radius 2 is 1.73 bits per heavy atom. The van der Waals surface area contributed by atoms with E-state index >= 15 is 0 Å². The fourth-order valence-corrected chi connectivity index (χ4v) is 1.44. The van der Waals surface area contributed by atoms with Crippen molar-refractivity contribution in [1.29, 1.82) is 0 Å². The number of nitrogens with one attached hydrogen (secondary N) is 1. The maximum atomic E-state index is 11.7. The van der Waals surface area contributed by atoms with E-state index in [4.69, 9.17) is 5.11 Å². The number of carbonyl (C=O) groups is 2. The van der Waals surface area contributed by atoms with Gasteiger partial charge in [-0.3, -0.25) is 9.59 Å². The molecule has 0 aromatic rings. The number of carboxylic acids is 1. The third kappa shape index (κ3) is 6.10. The Kier molecular flexibility index (Phi) is 5.97. The molecule has 0 radical (unpaired) electrons. The lowest BCUT2D eigenvalue weighted by Gasteiger charge is -2.20. The minimum atomic E-state index is -0.849. The van der Waals surface area contributed by atoms with Crippen molar-refractivity contribution in [3.8, 4) is 0 Å². The van der Waals surface area contributed by atoms with Crippen LogP contribution in [0.1, 0.15) is 40.5 Å². The lowest BCUT2D eigenvalue weighted by molar-refractivity contribution is -0.137. The van der Waals surface area contributed by atoms with Gasteiger partial charge in [0.15, 0.2) is 0 Å². The maximum Gasteiger partial charge on any atom is 0.303 e. The van der Waals surface area contributed by atoms with Gasteiger partial charge in [0.25, 0.3) is 0 Å². The molecule has 1 amide bonds. The van der Waals surface area contributed by atoms with Crippen LogP contribution in [-0.4, -0.2) is 23.0 Å². The standard InChI is InChI=1S/C11H21NO3/c1-7(2)9(5-6-10(13)14)11(15)12-8(3)4/h7-9H,5-6H2,1-4H3,(H,12,15)(H,13,14). The zero-order chi connectivity index (χ0) is 12.0. The van der Waals surface area contributed by atoms with E-state index in [-0.39, 0.29) is 30.2 Å². The maximum absolute atomic E-state index is 11.7. The monoisotopic (exact) mass is 215 g/mol. The number of rotatable bonds is 6. The van der Waals surface area contributed by atoms with Crippen LogP contribution < -0.4 is 5.32 Å².